The Balaban J connectivity index is 1.65. The molecule has 0 unspecified atom stereocenters. The fourth-order valence-corrected chi connectivity index (χ4v) is 5.75. The number of benzene rings is 2. The van der Waals surface area contributed by atoms with Gasteiger partial charge in [0.05, 0.1) is 30.5 Å². The number of amides is 2. The number of hydrogen-bond donors (Lipinski definition) is 2. The molecule has 0 bridgehead atoms. The monoisotopic (exact) mass is 584 g/mol. The SMILES string of the molecule is C[C@H](CO)N1C[C@H](C)[C@H](CN(C)S(=O)(=O)c2ccc(F)cc2)Oc2ccc(NC(=O)c3ccncc3)cc2CC1=O. The number of nitrogens with zero attached hydrogens (tertiary/aromatic N) is 3. The predicted octanol–water partition coefficient (Wildman–Crippen LogP) is 2.94. The van der Waals surface area contributed by atoms with Crippen LogP contribution in [0.5, 0.6) is 5.75 Å². The first-order chi connectivity index (χ1) is 19.5. The first kappa shape index (κ1) is 30.1. The van der Waals surface area contributed by atoms with Gasteiger partial charge >= 0.3 is 0 Å². The molecule has 0 spiro atoms. The number of ether oxygens (including phenoxy) is 1. The Morgan fingerprint density at radius 2 is 1.88 bits per heavy atom. The number of halogens is 1. The molecular formula is C29H33FN4O6S. The van der Waals surface area contributed by atoms with Crippen LogP contribution < -0.4 is 10.1 Å². The number of hydrogen-bond acceptors (Lipinski definition) is 7. The fourth-order valence-electron chi connectivity index (χ4n) is 4.57. The Hall–Kier alpha value is -3.87. The van der Waals surface area contributed by atoms with E-state index in [1.165, 1.54) is 31.6 Å². The molecule has 3 aromatic rings. The standard InChI is InChI=1S/C29H33FN4O6S/c1-19-16-34(20(2)18-35)28(36)15-22-14-24(32-29(37)21-10-12-31-13-11-21)6-9-26(22)40-27(19)17-33(3)41(38,39)25-7-4-23(30)5-8-25/h4-14,19-20,27,35H,15-18H2,1-3H3,(H,32,37)/t19-,20+,27-/m0/s1. The lowest BCUT2D eigenvalue weighted by Gasteiger charge is -2.33. The third-order valence-corrected chi connectivity index (χ3v) is 8.91. The van der Waals surface area contributed by atoms with E-state index in [1.54, 1.807) is 42.2 Å². The summed E-state index contributed by atoms with van der Waals surface area (Å²) < 4.78 is 47.4. The maximum atomic E-state index is 13.4. The normalized spacial score (nSPS) is 18.5. The van der Waals surface area contributed by atoms with E-state index < -0.39 is 28.0 Å². The van der Waals surface area contributed by atoms with Gasteiger partial charge in [-0.25, -0.2) is 12.8 Å². The molecule has 0 radical (unpaired) electrons. The first-order valence-corrected chi connectivity index (χ1v) is 14.6. The summed E-state index contributed by atoms with van der Waals surface area (Å²) >= 11 is 0. The van der Waals surface area contributed by atoms with E-state index in [1.807, 2.05) is 6.92 Å². The Morgan fingerprint density at radius 3 is 2.54 bits per heavy atom. The van der Waals surface area contributed by atoms with E-state index in [4.69, 9.17) is 4.74 Å². The van der Waals surface area contributed by atoms with Crippen LogP contribution in [0, 0.1) is 11.7 Å². The number of fused-ring (bicyclic) bond motifs is 1. The van der Waals surface area contributed by atoms with E-state index in [0.29, 0.717) is 22.6 Å². The van der Waals surface area contributed by atoms with Crippen LogP contribution in [0.4, 0.5) is 10.1 Å². The van der Waals surface area contributed by atoms with E-state index in [0.717, 1.165) is 16.4 Å². The second-order valence-corrected chi connectivity index (χ2v) is 12.2. The summed E-state index contributed by atoms with van der Waals surface area (Å²) in [5.41, 5.74) is 1.36. The van der Waals surface area contributed by atoms with Gasteiger partial charge in [0.2, 0.25) is 15.9 Å². The third kappa shape index (κ3) is 7.07. The van der Waals surface area contributed by atoms with Crippen molar-refractivity contribution in [3.8, 4) is 5.75 Å². The molecule has 12 heteroatoms. The highest BCUT2D eigenvalue weighted by Crippen LogP contribution is 2.30. The maximum Gasteiger partial charge on any atom is 0.255 e. The van der Waals surface area contributed by atoms with Crippen LogP contribution in [0.2, 0.25) is 0 Å². The molecule has 4 rings (SSSR count). The molecule has 2 N–H and O–H groups in total. The number of aliphatic hydroxyl groups excluding tert-OH is 1. The minimum atomic E-state index is -3.96. The summed E-state index contributed by atoms with van der Waals surface area (Å²) in [6.45, 7) is 3.49. The van der Waals surface area contributed by atoms with E-state index in [9.17, 15) is 27.5 Å². The zero-order valence-electron chi connectivity index (χ0n) is 23.0. The molecule has 1 aliphatic rings. The topological polar surface area (TPSA) is 129 Å². The average molecular weight is 585 g/mol. The van der Waals surface area contributed by atoms with Crippen molar-refractivity contribution < 1.29 is 32.2 Å². The van der Waals surface area contributed by atoms with Gasteiger partial charge in [0, 0.05) is 48.7 Å². The van der Waals surface area contributed by atoms with Crippen molar-refractivity contribution in [1.29, 1.82) is 0 Å². The molecule has 10 nitrogen and oxygen atoms in total. The van der Waals surface area contributed by atoms with Crippen molar-refractivity contribution in [2.24, 2.45) is 5.92 Å². The van der Waals surface area contributed by atoms with Gasteiger partial charge in [-0.2, -0.15) is 4.31 Å². The molecular weight excluding hydrogens is 551 g/mol. The number of carbonyl (C=O) groups is 2. The minimum absolute atomic E-state index is 0.0538. The number of aliphatic hydroxyl groups is 1. The zero-order chi connectivity index (χ0) is 29.7. The summed E-state index contributed by atoms with van der Waals surface area (Å²) in [6.07, 6.45) is 2.28. The van der Waals surface area contributed by atoms with Gasteiger partial charge in [0.1, 0.15) is 17.7 Å². The quantitative estimate of drug-likeness (QED) is 0.417. The summed E-state index contributed by atoms with van der Waals surface area (Å²) in [5.74, 6) is -1.10. The van der Waals surface area contributed by atoms with Crippen LogP contribution >= 0.6 is 0 Å². The molecule has 41 heavy (non-hydrogen) atoms. The van der Waals surface area contributed by atoms with Crippen molar-refractivity contribution in [1.82, 2.24) is 14.2 Å². The van der Waals surface area contributed by atoms with Gasteiger partial charge in [-0.05, 0) is 61.5 Å². The molecule has 0 aliphatic carbocycles. The highest BCUT2D eigenvalue weighted by Gasteiger charge is 2.33. The molecule has 2 heterocycles. The van der Waals surface area contributed by atoms with Crippen LogP contribution in [0.1, 0.15) is 29.8 Å². The van der Waals surface area contributed by atoms with Crippen LogP contribution in [0.3, 0.4) is 0 Å². The van der Waals surface area contributed by atoms with Gasteiger partial charge in [0.25, 0.3) is 5.91 Å². The van der Waals surface area contributed by atoms with Crippen LogP contribution in [-0.2, 0) is 21.2 Å². The van der Waals surface area contributed by atoms with Crippen molar-refractivity contribution in [2.45, 2.75) is 37.3 Å². The van der Waals surface area contributed by atoms with Crippen molar-refractivity contribution >= 4 is 27.5 Å². The Labute approximate surface area is 238 Å². The summed E-state index contributed by atoms with van der Waals surface area (Å²) in [7, 11) is -2.55. The smallest absolute Gasteiger partial charge is 0.255 e. The van der Waals surface area contributed by atoms with Gasteiger partial charge < -0.3 is 20.1 Å². The molecule has 218 valence electrons. The lowest BCUT2D eigenvalue weighted by Crippen LogP contribution is -2.48. The Morgan fingerprint density at radius 1 is 1.20 bits per heavy atom. The van der Waals surface area contributed by atoms with E-state index >= 15 is 0 Å². The second-order valence-electron chi connectivity index (χ2n) is 10.1. The van der Waals surface area contributed by atoms with Crippen LogP contribution in [0.15, 0.2) is 71.9 Å². The summed E-state index contributed by atoms with van der Waals surface area (Å²) in [4.78, 5) is 31.5. The van der Waals surface area contributed by atoms with E-state index in [2.05, 4.69) is 10.3 Å². The average Bonchev–Trinajstić information content (AvgIpc) is 3.00. The number of likely N-dealkylation sites (N-methyl/N-ethyl adjacent to an activating group) is 1. The zero-order valence-corrected chi connectivity index (χ0v) is 23.8. The van der Waals surface area contributed by atoms with Crippen LogP contribution in [0.25, 0.3) is 0 Å². The third-order valence-electron chi connectivity index (χ3n) is 7.08. The van der Waals surface area contributed by atoms with Gasteiger partial charge in [-0.1, -0.05) is 6.92 Å². The number of nitrogens with one attached hydrogen (secondary N) is 1. The number of rotatable bonds is 8. The lowest BCUT2D eigenvalue weighted by molar-refractivity contribution is -0.134. The second kappa shape index (κ2) is 12.8. The molecule has 0 fully saturated rings. The molecule has 0 saturated carbocycles. The number of pyridine rings is 1. The molecule has 1 aliphatic heterocycles. The fraction of sp³-hybridized carbons (Fsp3) is 0.345. The Kier molecular flexibility index (Phi) is 9.36. The predicted molar refractivity (Wildman–Crippen MR) is 150 cm³/mol. The van der Waals surface area contributed by atoms with Crippen LogP contribution in [-0.4, -0.2) is 78.4 Å². The van der Waals surface area contributed by atoms with E-state index in [-0.39, 0.29) is 48.7 Å². The molecule has 2 aromatic carbocycles. The van der Waals surface area contributed by atoms with Crippen molar-refractivity contribution in [3.63, 3.8) is 0 Å². The molecule has 3 atom stereocenters. The van der Waals surface area contributed by atoms with Gasteiger partial charge in [0.15, 0.2) is 0 Å². The lowest BCUT2D eigenvalue weighted by atomic mass is 10.0. The Bertz CT molecular complexity index is 1490. The molecule has 1 aromatic heterocycles. The number of carbonyl (C=O) groups excluding carboxylic acids is 2. The maximum absolute atomic E-state index is 13.4. The summed E-state index contributed by atoms with van der Waals surface area (Å²) in [6, 6.07) is 12.2. The minimum Gasteiger partial charge on any atom is -0.488 e. The molecule has 0 saturated heterocycles. The summed E-state index contributed by atoms with van der Waals surface area (Å²) in [5, 5.41) is 12.7. The highest BCUT2D eigenvalue weighted by molar-refractivity contribution is 7.89. The van der Waals surface area contributed by atoms with Crippen molar-refractivity contribution in [2.75, 3.05) is 32.1 Å². The van der Waals surface area contributed by atoms with Gasteiger partial charge in [-0.3, -0.25) is 14.6 Å². The first-order valence-electron chi connectivity index (χ1n) is 13.1. The highest BCUT2D eigenvalue weighted by atomic mass is 32.2. The molecule has 2 amide bonds. The largest absolute Gasteiger partial charge is 0.488 e. The van der Waals surface area contributed by atoms with Gasteiger partial charge in [-0.15, -0.1) is 0 Å². The van der Waals surface area contributed by atoms with Crippen molar-refractivity contribution in [3.05, 3.63) is 83.9 Å². The number of sulfonamides is 1. The number of anilines is 1. The number of aromatic nitrogens is 1.